The van der Waals surface area contributed by atoms with Crippen molar-refractivity contribution in [3.8, 4) is 11.4 Å². The number of hydrogen-bond acceptors (Lipinski definition) is 5. The average Bonchev–Trinajstić information content (AvgIpc) is 3.09. The van der Waals surface area contributed by atoms with Gasteiger partial charge in [0.1, 0.15) is 17.2 Å². The van der Waals surface area contributed by atoms with Crippen LogP contribution in [0.3, 0.4) is 0 Å². The lowest BCUT2D eigenvalue weighted by Gasteiger charge is -2.18. The van der Waals surface area contributed by atoms with Crippen LogP contribution in [0.15, 0.2) is 42.7 Å². The number of halogens is 1. The van der Waals surface area contributed by atoms with Crippen LogP contribution in [0.25, 0.3) is 27.9 Å². The van der Waals surface area contributed by atoms with Crippen LogP contribution in [-0.2, 0) is 0 Å². The fourth-order valence-electron chi connectivity index (χ4n) is 3.71. The van der Waals surface area contributed by atoms with Crippen molar-refractivity contribution in [2.45, 2.75) is 26.2 Å². The van der Waals surface area contributed by atoms with Gasteiger partial charge in [-0.1, -0.05) is 6.08 Å². The Morgan fingerprint density at radius 3 is 2.82 bits per heavy atom. The lowest BCUT2D eigenvalue weighted by molar-refractivity contribution is 0.624. The molecule has 1 aromatic carbocycles. The number of imidazole rings is 1. The van der Waals surface area contributed by atoms with Gasteiger partial charge < -0.3 is 5.32 Å². The van der Waals surface area contributed by atoms with Crippen LogP contribution in [0.5, 0.6) is 0 Å². The Morgan fingerprint density at radius 2 is 2.00 bits per heavy atom. The fraction of sp³-hybridized carbons (Fsp3) is 0.238. The number of hydrogen-bond donors (Lipinski definition) is 1. The molecule has 4 heterocycles. The van der Waals surface area contributed by atoms with Crippen molar-refractivity contribution in [3.05, 3.63) is 65.4 Å². The van der Waals surface area contributed by atoms with E-state index in [1.165, 1.54) is 0 Å². The molecule has 0 amide bonds. The number of nitrogens with zero attached hydrogens (tertiary/aromatic N) is 5. The molecular formula is C21H19FN6. The van der Waals surface area contributed by atoms with Crippen molar-refractivity contribution in [3.63, 3.8) is 0 Å². The van der Waals surface area contributed by atoms with Crippen molar-refractivity contribution in [2.75, 3.05) is 6.54 Å². The van der Waals surface area contributed by atoms with Gasteiger partial charge in [0.15, 0.2) is 5.65 Å². The molecule has 7 heteroatoms. The van der Waals surface area contributed by atoms with Crippen LogP contribution in [0, 0.1) is 19.7 Å². The van der Waals surface area contributed by atoms with Crippen molar-refractivity contribution < 1.29 is 4.39 Å². The molecule has 6 nitrogen and oxygen atoms in total. The molecule has 0 radical (unpaired) electrons. The number of nitrogens with one attached hydrogen (secondary N) is 1. The van der Waals surface area contributed by atoms with E-state index < -0.39 is 0 Å². The molecule has 1 N–H and O–H groups in total. The quantitative estimate of drug-likeness (QED) is 0.580. The van der Waals surface area contributed by atoms with Crippen LogP contribution in [-0.4, -0.2) is 31.3 Å². The molecule has 140 valence electrons. The number of fused-ring (bicyclic) bond motifs is 2. The molecule has 1 aliphatic heterocycles. The summed E-state index contributed by atoms with van der Waals surface area (Å²) < 4.78 is 16.6. The second kappa shape index (κ2) is 6.37. The Morgan fingerprint density at radius 1 is 1.11 bits per heavy atom. The fourth-order valence-corrected chi connectivity index (χ4v) is 3.71. The molecule has 0 saturated heterocycles. The average molecular weight is 374 g/mol. The SMILES string of the molecule is Cc1cn2nc(-c3cc4c(F)cc(C5C=CNCC5)cc4nn3)cc(C)c2n1. The van der Waals surface area contributed by atoms with Gasteiger partial charge >= 0.3 is 0 Å². The minimum atomic E-state index is -0.285. The smallest absolute Gasteiger partial charge is 0.156 e. The largest absolute Gasteiger partial charge is 0.391 e. The molecule has 0 aliphatic carbocycles. The van der Waals surface area contributed by atoms with E-state index in [9.17, 15) is 4.39 Å². The van der Waals surface area contributed by atoms with Gasteiger partial charge in [0.2, 0.25) is 0 Å². The molecule has 0 spiro atoms. The number of rotatable bonds is 2. The zero-order valence-electron chi connectivity index (χ0n) is 15.6. The van der Waals surface area contributed by atoms with Crippen LogP contribution in [0.4, 0.5) is 4.39 Å². The van der Waals surface area contributed by atoms with E-state index in [0.29, 0.717) is 22.3 Å². The Hall–Kier alpha value is -3.35. The highest BCUT2D eigenvalue weighted by molar-refractivity contribution is 5.83. The molecule has 0 bridgehead atoms. The number of allylic oxidation sites excluding steroid dienone is 1. The summed E-state index contributed by atoms with van der Waals surface area (Å²) in [7, 11) is 0. The summed E-state index contributed by atoms with van der Waals surface area (Å²) >= 11 is 0. The Balaban J connectivity index is 1.61. The normalized spacial score (nSPS) is 16.6. The summed E-state index contributed by atoms with van der Waals surface area (Å²) in [6.45, 7) is 4.78. The molecule has 1 aliphatic rings. The Bertz CT molecular complexity index is 1240. The van der Waals surface area contributed by atoms with E-state index in [0.717, 1.165) is 35.4 Å². The Kier molecular flexibility index (Phi) is 3.82. The first-order valence-electron chi connectivity index (χ1n) is 9.29. The van der Waals surface area contributed by atoms with Crippen molar-refractivity contribution in [1.29, 1.82) is 0 Å². The van der Waals surface area contributed by atoms with E-state index in [1.54, 1.807) is 16.6 Å². The van der Waals surface area contributed by atoms with E-state index in [4.69, 9.17) is 0 Å². The van der Waals surface area contributed by atoms with Crippen molar-refractivity contribution in [1.82, 2.24) is 30.1 Å². The molecule has 1 unspecified atom stereocenters. The van der Waals surface area contributed by atoms with Gasteiger partial charge in [-0.3, -0.25) is 0 Å². The molecule has 1 atom stereocenters. The standard InChI is InChI=1S/C21H19FN6/c1-12-7-20(27-28-11-13(2)24-21(12)28)19-10-16-17(22)8-15(9-18(16)25-26-19)14-3-5-23-6-4-14/h3,5,7-11,14,23H,4,6H2,1-2H3. The maximum atomic E-state index is 14.9. The number of aromatic nitrogens is 5. The summed E-state index contributed by atoms with van der Waals surface area (Å²) in [4.78, 5) is 4.46. The first-order chi connectivity index (χ1) is 13.6. The minimum Gasteiger partial charge on any atom is -0.391 e. The highest BCUT2D eigenvalue weighted by atomic mass is 19.1. The molecule has 0 fully saturated rings. The monoisotopic (exact) mass is 374 g/mol. The van der Waals surface area contributed by atoms with Crippen LogP contribution in [0.2, 0.25) is 0 Å². The predicted octanol–water partition coefficient (Wildman–Crippen LogP) is 3.69. The molecule has 3 aromatic heterocycles. The van der Waals surface area contributed by atoms with Gasteiger partial charge in [-0.25, -0.2) is 13.9 Å². The summed E-state index contributed by atoms with van der Waals surface area (Å²) in [6.07, 6.45) is 6.77. The molecule has 28 heavy (non-hydrogen) atoms. The second-order valence-corrected chi connectivity index (χ2v) is 7.24. The third-order valence-electron chi connectivity index (χ3n) is 5.14. The van der Waals surface area contributed by atoms with Gasteiger partial charge in [0, 0.05) is 17.8 Å². The number of aryl methyl sites for hydroxylation is 2. The minimum absolute atomic E-state index is 0.192. The lowest BCUT2D eigenvalue weighted by Crippen LogP contribution is -2.16. The van der Waals surface area contributed by atoms with E-state index >= 15 is 0 Å². The summed E-state index contributed by atoms with van der Waals surface area (Å²) in [6, 6.07) is 7.16. The second-order valence-electron chi connectivity index (χ2n) is 7.24. The highest BCUT2D eigenvalue weighted by Gasteiger charge is 2.16. The predicted molar refractivity (Wildman–Crippen MR) is 105 cm³/mol. The summed E-state index contributed by atoms with van der Waals surface area (Å²) in [5, 5.41) is 16.8. The zero-order chi connectivity index (χ0) is 19.3. The zero-order valence-corrected chi connectivity index (χ0v) is 15.6. The first-order valence-corrected chi connectivity index (χ1v) is 9.29. The Labute approximate surface area is 161 Å². The first kappa shape index (κ1) is 16.8. The van der Waals surface area contributed by atoms with Gasteiger partial charge in [-0.05, 0) is 61.9 Å². The third kappa shape index (κ3) is 2.79. The van der Waals surface area contributed by atoms with E-state index in [-0.39, 0.29) is 11.7 Å². The molecule has 4 aromatic rings. The number of benzene rings is 1. The lowest BCUT2D eigenvalue weighted by atomic mass is 9.93. The molecule has 0 saturated carbocycles. The van der Waals surface area contributed by atoms with Gasteiger partial charge in [0.25, 0.3) is 0 Å². The molecular weight excluding hydrogens is 355 g/mol. The topological polar surface area (TPSA) is 68.0 Å². The summed E-state index contributed by atoms with van der Waals surface area (Å²) in [5.74, 6) is -0.0929. The van der Waals surface area contributed by atoms with E-state index in [2.05, 4.69) is 31.7 Å². The maximum Gasteiger partial charge on any atom is 0.156 e. The van der Waals surface area contributed by atoms with Gasteiger partial charge in [0.05, 0.1) is 17.4 Å². The van der Waals surface area contributed by atoms with E-state index in [1.807, 2.05) is 38.4 Å². The van der Waals surface area contributed by atoms with Crippen LogP contribution < -0.4 is 5.32 Å². The van der Waals surface area contributed by atoms with Gasteiger partial charge in [-0.2, -0.15) is 5.10 Å². The van der Waals surface area contributed by atoms with Crippen LogP contribution >= 0.6 is 0 Å². The van der Waals surface area contributed by atoms with Crippen molar-refractivity contribution >= 4 is 16.6 Å². The molecule has 5 rings (SSSR count). The van der Waals surface area contributed by atoms with Crippen molar-refractivity contribution in [2.24, 2.45) is 0 Å². The third-order valence-corrected chi connectivity index (χ3v) is 5.14. The summed E-state index contributed by atoms with van der Waals surface area (Å²) in [5.41, 5.74) is 5.34. The van der Waals surface area contributed by atoms with Crippen LogP contribution in [0.1, 0.15) is 29.2 Å². The maximum absolute atomic E-state index is 14.9. The van der Waals surface area contributed by atoms with Gasteiger partial charge in [-0.15, -0.1) is 10.2 Å². The highest BCUT2D eigenvalue weighted by Crippen LogP contribution is 2.29.